The zero-order valence-corrected chi connectivity index (χ0v) is 12.2. The van der Waals surface area contributed by atoms with E-state index in [1.54, 1.807) is 18.1 Å². The van der Waals surface area contributed by atoms with Crippen molar-refractivity contribution in [2.75, 3.05) is 6.26 Å². The Morgan fingerprint density at radius 2 is 2.10 bits per heavy atom. The quantitative estimate of drug-likeness (QED) is 0.710. The standard InChI is InChI=1S/C16H15FN2S/c1-3-10-5-4-6-11(15(10)17)14-13(20-2)8-7-12-16(14)19-9-18-12/h4-9H,3H2,1-2H3,(H,18,19). The molecule has 0 bridgehead atoms. The summed E-state index contributed by atoms with van der Waals surface area (Å²) < 4.78 is 14.7. The van der Waals surface area contributed by atoms with E-state index in [4.69, 9.17) is 0 Å². The van der Waals surface area contributed by atoms with Gasteiger partial charge in [-0.05, 0) is 30.4 Å². The topological polar surface area (TPSA) is 28.7 Å². The van der Waals surface area contributed by atoms with E-state index in [9.17, 15) is 4.39 Å². The Morgan fingerprint density at radius 1 is 1.25 bits per heavy atom. The third kappa shape index (κ3) is 2.00. The first-order chi connectivity index (χ1) is 9.76. The van der Waals surface area contributed by atoms with Crippen molar-refractivity contribution in [2.45, 2.75) is 18.2 Å². The Bertz CT molecular complexity index is 764. The van der Waals surface area contributed by atoms with Crippen LogP contribution in [0.4, 0.5) is 4.39 Å². The van der Waals surface area contributed by atoms with E-state index in [-0.39, 0.29) is 5.82 Å². The molecule has 2 nitrogen and oxygen atoms in total. The minimum absolute atomic E-state index is 0.132. The monoisotopic (exact) mass is 286 g/mol. The number of aromatic nitrogens is 2. The van der Waals surface area contributed by atoms with Crippen molar-refractivity contribution in [3.63, 3.8) is 0 Å². The van der Waals surface area contributed by atoms with Gasteiger partial charge >= 0.3 is 0 Å². The molecule has 0 radical (unpaired) electrons. The third-order valence-corrected chi connectivity index (χ3v) is 4.29. The van der Waals surface area contributed by atoms with Crippen molar-refractivity contribution in [2.24, 2.45) is 0 Å². The lowest BCUT2D eigenvalue weighted by atomic mass is 9.99. The SMILES string of the molecule is CCc1cccc(-c2c(SC)ccc3nc[nH]c23)c1F. The van der Waals surface area contributed by atoms with E-state index in [0.717, 1.165) is 27.1 Å². The van der Waals surface area contributed by atoms with E-state index >= 15 is 0 Å². The molecule has 0 fully saturated rings. The van der Waals surface area contributed by atoms with Gasteiger partial charge in [0.2, 0.25) is 0 Å². The molecule has 0 saturated heterocycles. The number of hydrogen-bond donors (Lipinski definition) is 1. The lowest BCUT2D eigenvalue weighted by Crippen LogP contribution is -1.94. The number of aryl methyl sites for hydroxylation is 1. The number of halogens is 1. The number of imidazole rings is 1. The molecular weight excluding hydrogens is 271 g/mol. The predicted octanol–water partition coefficient (Wildman–Crippen LogP) is 4.65. The largest absolute Gasteiger partial charge is 0.344 e. The molecule has 1 heterocycles. The van der Waals surface area contributed by atoms with Gasteiger partial charge in [0.15, 0.2) is 0 Å². The highest BCUT2D eigenvalue weighted by Gasteiger charge is 2.16. The zero-order valence-electron chi connectivity index (χ0n) is 11.4. The van der Waals surface area contributed by atoms with Gasteiger partial charge in [0.05, 0.1) is 17.4 Å². The Kier molecular flexibility index (Phi) is 3.49. The minimum atomic E-state index is -0.132. The van der Waals surface area contributed by atoms with Gasteiger partial charge in [0.25, 0.3) is 0 Å². The molecule has 2 aromatic carbocycles. The van der Waals surface area contributed by atoms with Crippen molar-refractivity contribution in [1.29, 1.82) is 0 Å². The lowest BCUT2D eigenvalue weighted by Gasteiger charge is -2.12. The summed E-state index contributed by atoms with van der Waals surface area (Å²) in [6, 6.07) is 9.55. The second-order valence-electron chi connectivity index (χ2n) is 4.57. The van der Waals surface area contributed by atoms with Crippen LogP contribution in [-0.4, -0.2) is 16.2 Å². The van der Waals surface area contributed by atoms with E-state index in [2.05, 4.69) is 9.97 Å². The van der Waals surface area contributed by atoms with Crippen LogP contribution in [0.25, 0.3) is 22.2 Å². The molecule has 0 atom stereocenters. The number of rotatable bonds is 3. The molecular formula is C16H15FN2S. The van der Waals surface area contributed by atoms with Crippen LogP contribution in [0.15, 0.2) is 41.6 Å². The molecule has 3 aromatic rings. The van der Waals surface area contributed by atoms with Crippen LogP contribution in [0.3, 0.4) is 0 Å². The Hall–Kier alpha value is -1.81. The number of hydrogen-bond acceptors (Lipinski definition) is 2. The maximum atomic E-state index is 14.7. The van der Waals surface area contributed by atoms with Gasteiger partial charge in [-0.1, -0.05) is 25.1 Å². The van der Waals surface area contributed by atoms with E-state index < -0.39 is 0 Å². The van der Waals surface area contributed by atoms with E-state index in [1.807, 2.05) is 43.5 Å². The fraction of sp³-hybridized carbons (Fsp3) is 0.188. The highest BCUT2D eigenvalue weighted by atomic mass is 32.2. The normalized spacial score (nSPS) is 11.2. The molecule has 102 valence electrons. The van der Waals surface area contributed by atoms with Crippen LogP contribution < -0.4 is 0 Å². The van der Waals surface area contributed by atoms with Crippen molar-refractivity contribution in [1.82, 2.24) is 9.97 Å². The summed E-state index contributed by atoms with van der Waals surface area (Å²) >= 11 is 1.62. The van der Waals surface area contributed by atoms with Crippen molar-refractivity contribution in [3.8, 4) is 11.1 Å². The van der Waals surface area contributed by atoms with E-state index in [0.29, 0.717) is 12.0 Å². The molecule has 0 amide bonds. The smallest absolute Gasteiger partial charge is 0.134 e. The number of fused-ring (bicyclic) bond motifs is 1. The summed E-state index contributed by atoms with van der Waals surface area (Å²) in [7, 11) is 0. The van der Waals surface area contributed by atoms with Crippen LogP contribution in [0.1, 0.15) is 12.5 Å². The average molecular weight is 286 g/mol. The van der Waals surface area contributed by atoms with Gasteiger partial charge in [-0.25, -0.2) is 9.37 Å². The molecule has 20 heavy (non-hydrogen) atoms. The van der Waals surface area contributed by atoms with Crippen molar-refractivity contribution in [3.05, 3.63) is 48.0 Å². The number of benzene rings is 2. The number of aromatic amines is 1. The average Bonchev–Trinajstić information content (AvgIpc) is 2.95. The maximum absolute atomic E-state index is 14.7. The first kappa shape index (κ1) is 13.2. The van der Waals surface area contributed by atoms with Crippen LogP contribution >= 0.6 is 11.8 Å². The number of thioether (sulfide) groups is 1. The Morgan fingerprint density at radius 3 is 2.85 bits per heavy atom. The van der Waals surface area contributed by atoms with Crippen molar-refractivity contribution >= 4 is 22.8 Å². The number of nitrogens with one attached hydrogen (secondary N) is 1. The highest BCUT2D eigenvalue weighted by molar-refractivity contribution is 7.98. The van der Waals surface area contributed by atoms with Gasteiger partial charge in [0.1, 0.15) is 5.82 Å². The highest BCUT2D eigenvalue weighted by Crippen LogP contribution is 2.37. The number of nitrogens with zero attached hydrogens (tertiary/aromatic N) is 1. The van der Waals surface area contributed by atoms with E-state index in [1.165, 1.54) is 0 Å². The lowest BCUT2D eigenvalue weighted by molar-refractivity contribution is 0.615. The molecule has 0 saturated carbocycles. The first-order valence-electron chi connectivity index (χ1n) is 6.54. The van der Waals surface area contributed by atoms with Crippen LogP contribution in [0, 0.1) is 5.82 Å². The van der Waals surface area contributed by atoms with Gasteiger partial charge in [-0.2, -0.15) is 0 Å². The van der Waals surface area contributed by atoms with Gasteiger partial charge in [-0.3, -0.25) is 0 Å². The third-order valence-electron chi connectivity index (χ3n) is 3.51. The summed E-state index contributed by atoms with van der Waals surface area (Å²) in [5.41, 5.74) is 4.04. The molecule has 0 unspecified atom stereocenters. The predicted molar refractivity (Wildman–Crippen MR) is 82.6 cm³/mol. The molecule has 0 aliphatic rings. The fourth-order valence-electron chi connectivity index (χ4n) is 2.48. The van der Waals surface area contributed by atoms with Gasteiger partial charge in [0, 0.05) is 16.0 Å². The summed E-state index contributed by atoms with van der Waals surface area (Å²) in [5.74, 6) is -0.132. The van der Waals surface area contributed by atoms with Crippen LogP contribution in [0.5, 0.6) is 0 Å². The maximum Gasteiger partial charge on any atom is 0.134 e. The molecule has 3 rings (SSSR count). The first-order valence-corrected chi connectivity index (χ1v) is 7.76. The van der Waals surface area contributed by atoms with Crippen LogP contribution in [-0.2, 0) is 6.42 Å². The zero-order chi connectivity index (χ0) is 14.1. The second kappa shape index (κ2) is 5.29. The second-order valence-corrected chi connectivity index (χ2v) is 5.42. The molecule has 1 aromatic heterocycles. The summed E-state index contributed by atoms with van der Waals surface area (Å²) in [4.78, 5) is 8.45. The minimum Gasteiger partial charge on any atom is -0.344 e. The van der Waals surface area contributed by atoms with Crippen molar-refractivity contribution < 1.29 is 4.39 Å². The van der Waals surface area contributed by atoms with Gasteiger partial charge in [-0.15, -0.1) is 11.8 Å². The molecule has 0 aliphatic heterocycles. The molecule has 0 aliphatic carbocycles. The summed E-state index contributed by atoms with van der Waals surface area (Å²) in [6.45, 7) is 1.97. The van der Waals surface area contributed by atoms with Gasteiger partial charge < -0.3 is 4.98 Å². The fourth-order valence-corrected chi connectivity index (χ4v) is 3.10. The molecule has 4 heteroatoms. The summed E-state index contributed by atoms with van der Waals surface area (Å²) in [5, 5.41) is 0. The Labute approximate surface area is 121 Å². The molecule has 1 N–H and O–H groups in total. The Balaban J connectivity index is 2.36. The number of H-pyrrole nitrogens is 1. The summed E-state index contributed by atoms with van der Waals surface area (Å²) in [6.07, 6.45) is 4.34. The van der Waals surface area contributed by atoms with Crippen LogP contribution in [0.2, 0.25) is 0 Å². The molecule has 0 spiro atoms.